The molecule has 0 saturated carbocycles. The number of pyridine rings is 1. The average Bonchev–Trinajstić information content (AvgIpc) is 3.40. The molecule has 1 aliphatic heterocycles. The zero-order valence-corrected chi connectivity index (χ0v) is 16.0. The van der Waals surface area contributed by atoms with Crippen molar-refractivity contribution in [3.63, 3.8) is 0 Å². The summed E-state index contributed by atoms with van der Waals surface area (Å²) in [5.74, 6) is 1.00. The molecule has 140 valence electrons. The summed E-state index contributed by atoms with van der Waals surface area (Å²) in [6.07, 6.45) is 8.07. The Labute approximate surface area is 158 Å². The number of rotatable bonds is 4. The average molecular weight is 364 g/mol. The molecular weight excluding hydrogens is 340 g/mol. The second-order valence-electron chi connectivity index (χ2n) is 6.98. The van der Waals surface area contributed by atoms with Crippen LogP contribution in [-0.2, 0) is 6.54 Å². The first-order valence-electron chi connectivity index (χ1n) is 9.36. The number of aromatic nitrogens is 5. The number of amides is 1. The first-order chi connectivity index (χ1) is 13.1. The lowest BCUT2D eigenvalue weighted by Crippen LogP contribution is -2.29. The minimum absolute atomic E-state index is 0.0675. The van der Waals surface area contributed by atoms with Crippen molar-refractivity contribution in [2.45, 2.75) is 39.8 Å². The molecule has 7 heteroatoms. The first-order valence-corrected chi connectivity index (χ1v) is 9.36. The van der Waals surface area contributed by atoms with E-state index >= 15 is 0 Å². The van der Waals surface area contributed by atoms with Crippen LogP contribution in [0, 0.1) is 13.8 Å². The Bertz CT molecular complexity index is 958. The van der Waals surface area contributed by atoms with Gasteiger partial charge >= 0.3 is 0 Å². The lowest BCUT2D eigenvalue weighted by Gasteiger charge is -2.19. The van der Waals surface area contributed by atoms with Gasteiger partial charge in [0.1, 0.15) is 5.82 Å². The predicted octanol–water partition coefficient (Wildman–Crippen LogP) is 2.87. The van der Waals surface area contributed by atoms with Crippen LogP contribution < -0.4 is 0 Å². The molecule has 3 aromatic heterocycles. The van der Waals surface area contributed by atoms with Gasteiger partial charge in [0.2, 0.25) is 0 Å². The zero-order chi connectivity index (χ0) is 19.0. The third-order valence-corrected chi connectivity index (χ3v) is 5.37. The van der Waals surface area contributed by atoms with E-state index in [4.69, 9.17) is 0 Å². The number of hydrogen-bond donors (Lipinski definition) is 0. The molecule has 0 aromatic carbocycles. The molecule has 1 saturated heterocycles. The Kier molecular flexibility index (Phi) is 4.51. The number of aryl methyl sites for hydroxylation is 2. The highest BCUT2D eigenvalue weighted by Gasteiger charge is 2.31. The Morgan fingerprint density at radius 1 is 1.22 bits per heavy atom. The summed E-state index contributed by atoms with van der Waals surface area (Å²) < 4.78 is 4.12. The zero-order valence-electron chi connectivity index (χ0n) is 16.0. The van der Waals surface area contributed by atoms with Crippen molar-refractivity contribution in [2.24, 2.45) is 0 Å². The fraction of sp³-hybridized carbons (Fsp3) is 0.400. The van der Waals surface area contributed by atoms with Gasteiger partial charge in [0, 0.05) is 55.2 Å². The van der Waals surface area contributed by atoms with Crippen LogP contribution in [0.4, 0.5) is 0 Å². The summed E-state index contributed by atoms with van der Waals surface area (Å²) in [5, 5.41) is 4.31. The fourth-order valence-electron chi connectivity index (χ4n) is 3.90. The van der Waals surface area contributed by atoms with Crippen molar-refractivity contribution in [1.82, 2.24) is 29.2 Å². The second kappa shape index (κ2) is 6.98. The van der Waals surface area contributed by atoms with Crippen LogP contribution in [-0.4, -0.2) is 48.2 Å². The van der Waals surface area contributed by atoms with Crippen LogP contribution in [0.15, 0.2) is 36.9 Å². The van der Waals surface area contributed by atoms with Crippen molar-refractivity contribution in [2.75, 3.05) is 13.1 Å². The summed E-state index contributed by atoms with van der Waals surface area (Å²) in [4.78, 5) is 23.6. The second-order valence-corrected chi connectivity index (χ2v) is 6.98. The number of hydrogen-bond acceptors (Lipinski definition) is 4. The van der Waals surface area contributed by atoms with E-state index in [1.165, 1.54) is 0 Å². The Morgan fingerprint density at radius 2 is 2.00 bits per heavy atom. The van der Waals surface area contributed by atoms with Gasteiger partial charge in [-0.2, -0.15) is 5.10 Å². The van der Waals surface area contributed by atoms with Crippen molar-refractivity contribution >= 4 is 5.91 Å². The molecule has 1 unspecified atom stereocenters. The molecule has 0 spiro atoms. The van der Waals surface area contributed by atoms with Gasteiger partial charge in [-0.15, -0.1) is 0 Å². The molecule has 4 rings (SSSR count). The molecule has 27 heavy (non-hydrogen) atoms. The van der Waals surface area contributed by atoms with Gasteiger partial charge in [-0.25, -0.2) is 4.98 Å². The Hall–Kier alpha value is -2.96. The van der Waals surface area contributed by atoms with E-state index in [1.54, 1.807) is 18.6 Å². The monoisotopic (exact) mass is 364 g/mol. The highest BCUT2D eigenvalue weighted by atomic mass is 16.2. The number of imidazole rings is 1. The number of nitrogens with zero attached hydrogens (tertiary/aromatic N) is 6. The third kappa shape index (κ3) is 3.03. The first kappa shape index (κ1) is 17.5. The van der Waals surface area contributed by atoms with Gasteiger partial charge in [-0.1, -0.05) is 0 Å². The van der Waals surface area contributed by atoms with Crippen molar-refractivity contribution < 1.29 is 4.79 Å². The van der Waals surface area contributed by atoms with Gasteiger partial charge < -0.3 is 9.47 Å². The van der Waals surface area contributed by atoms with Gasteiger partial charge in [0.05, 0.1) is 17.8 Å². The molecule has 0 radical (unpaired) electrons. The van der Waals surface area contributed by atoms with E-state index in [1.807, 2.05) is 41.8 Å². The van der Waals surface area contributed by atoms with E-state index in [2.05, 4.69) is 26.6 Å². The number of likely N-dealkylation sites (tertiary alicyclic amines) is 1. The van der Waals surface area contributed by atoms with Crippen LogP contribution >= 0.6 is 0 Å². The van der Waals surface area contributed by atoms with E-state index < -0.39 is 0 Å². The van der Waals surface area contributed by atoms with Crippen molar-refractivity contribution in [3.8, 4) is 11.4 Å². The van der Waals surface area contributed by atoms with Crippen LogP contribution in [0.5, 0.6) is 0 Å². The molecule has 0 aliphatic carbocycles. The highest BCUT2D eigenvalue weighted by molar-refractivity contribution is 5.95. The molecule has 1 amide bonds. The molecule has 4 heterocycles. The van der Waals surface area contributed by atoms with E-state index in [9.17, 15) is 4.79 Å². The standard InChI is InChI=1S/C20H24N6O/c1-4-25-15(3)18(12-23-25)20(27)24-10-7-17(13-24)26-14(2)11-22-19(26)16-5-8-21-9-6-16/h5-6,8-9,11-12,17H,4,7,10,13H2,1-3H3. The largest absolute Gasteiger partial charge is 0.336 e. The van der Waals surface area contributed by atoms with Crippen LogP contribution in [0.2, 0.25) is 0 Å². The number of carbonyl (C=O) groups is 1. The molecule has 0 N–H and O–H groups in total. The van der Waals surface area contributed by atoms with E-state index in [0.717, 1.165) is 42.3 Å². The molecular formula is C20H24N6O. The third-order valence-electron chi connectivity index (χ3n) is 5.37. The number of carbonyl (C=O) groups excluding carboxylic acids is 1. The minimum Gasteiger partial charge on any atom is -0.336 e. The Morgan fingerprint density at radius 3 is 2.70 bits per heavy atom. The van der Waals surface area contributed by atoms with Gasteiger partial charge in [0.15, 0.2) is 0 Å². The SMILES string of the molecule is CCn1ncc(C(=O)N2CCC(n3c(C)cnc3-c3ccncc3)C2)c1C. The van der Waals surface area contributed by atoms with Gasteiger partial charge in [-0.3, -0.25) is 14.5 Å². The molecule has 1 aliphatic rings. The van der Waals surface area contributed by atoms with Crippen LogP contribution in [0.1, 0.15) is 41.1 Å². The summed E-state index contributed by atoms with van der Waals surface area (Å²) in [7, 11) is 0. The topological polar surface area (TPSA) is 68.8 Å². The molecule has 1 atom stereocenters. The van der Waals surface area contributed by atoms with Gasteiger partial charge in [0.25, 0.3) is 5.91 Å². The molecule has 1 fully saturated rings. The highest BCUT2D eigenvalue weighted by Crippen LogP contribution is 2.30. The molecule has 0 bridgehead atoms. The summed E-state index contributed by atoms with van der Waals surface area (Å²) in [5.41, 5.74) is 3.79. The van der Waals surface area contributed by atoms with E-state index in [0.29, 0.717) is 12.1 Å². The van der Waals surface area contributed by atoms with Gasteiger partial charge in [-0.05, 0) is 39.3 Å². The maximum atomic E-state index is 13.0. The lowest BCUT2D eigenvalue weighted by molar-refractivity contribution is 0.0786. The van der Waals surface area contributed by atoms with E-state index in [-0.39, 0.29) is 11.9 Å². The van der Waals surface area contributed by atoms with Crippen molar-refractivity contribution in [1.29, 1.82) is 0 Å². The maximum absolute atomic E-state index is 13.0. The summed E-state index contributed by atoms with van der Waals surface area (Å²) in [6.45, 7) is 8.25. The molecule has 7 nitrogen and oxygen atoms in total. The summed E-state index contributed by atoms with van der Waals surface area (Å²) in [6, 6.07) is 4.17. The normalized spacial score (nSPS) is 16.9. The Balaban J connectivity index is 1.58. The smallest absolute Gasteiger partial charge is 0.257 e. The molecule has 3 aromatic rings. The fourth-order valence-corrected chi connectivity index (χ4v) is 3.90. The lowest BCUT2D eigenvalue weighted by atomic mass is 10.2. The van der Waals surface area contributed by atoms with Crippen LogP contribution in [0.3, 0.4) is 0 Å². The van der Waals surface area contributed by atoms with Crippen molar-refractivity contribution in [3.05, 3.63) is 53.9 Å². The maximum Gasteiger partial charge on any atom is 0.257 e. The van der Waals surface area contributed by atoms with Crippen LogP contribution in [0.25, 0.3) is 11.4 Å². The predicted molar refractivity (Wildman–Crippen MR) is 102 cm³/mol. The summed E-state index contributed by atoms with van der Waals surface area (Å²) >= 11 is 0. The minimum atomic E-state index is 0.0675. The quantitative estimate of drug-likeness (QED) is 0.714.